The van der Waals surface area contributed by atoms with E-state index in [0.29, 0.717) is 19.3 Å². The second-order valence-electron chi connectivity index (χ2n) is 21.9. The van der Waals surface area contributed by atoms with Crippen LogP contribution in [0.25, 0.3) is 0 Å². The fourth-order valence-corrected chi connectivity index (χ4v) is 10.1. The average molecular weight is 1120 g/mol. The number of aliphatic hydroxyl groups excluding tert-OH is 1. The number of carbonyl (C=O) groups excluding carboxylic acids is 3. The van der Waals surface area contributed by atoms with Crippen LogP contribution in [0.1, 0.15) is 316 Å². The van der Waals surface area contributed by atoms with Crippen molar-refractivity contribution in [3.63, 3.8) is 0 Å². The summed E-state index contributed by atoms with van der Waals surface area (Å²) in [6.45, 7) is 4.58. The number of rotatable bonds is 61. The molecule has 0 saturated carbocycles. The summed E-state index contributed by atoms with van der Waals surface area (Å²) in [4.78, 5) is 48.8. The number of unbranched alkanes of at least 4 members (excludes halogenated alkanes) is 36. The molecule has 0 spiro atoms. The standard InChI is InChI=1S/C66H121O11P/c1-4-7-10-13-16-19-22-25-28-31-34-37-40-43-46-49-52-55-64(68)73-59-63(77-66(70)57-54-51-48-45-42-39-36-33-30-27-24-21-18-15-12-9-6-3)61-75-78(71,72)74-60-62(58-67)76-65(69)56-53-50-47-44-41-38-35-32-29-26-23-20-17-14-11-8-5-2/h9,12,18,21,26-27,29-30,62-63,67H,4-8,10-11,13-17,19-20,22-25,28,31-61H2,1-3H3,(H,71,72)/b12-9-,21-18-,29-26-,30-27-. The number of aliphatic hydroxyl groups is 1. The Labute approximate surface area is 479 Å². The second-order valence-corrected chi connectivity index (χ2v) is 23.4. The maximum Gasteiger partial charge on any atom is 0.472 e. The minimum Gasteiger partial charge on any atom is -0.462 e. The van der Waals surface area contributed by atoms with Gasteiger partial charge in [0.1, 0.15) is 12.7 Å². The normalized spacial score (nSPS) is 13.6. The van der Waals surface area contributed by atoms with Gasteiger partial charge in [0.25, 0.3) is 0 Å². The lowest BCUT2D eigenvalue weighted by Crippen LogP contribution is -2.30. The highest BCUT2D eigenvalue weighted by molar-refractivity contribution is 7.47. The maximum atomic E-state index is 13.0. The van der Waals surface area contributed by atoms with Crippen LogP contribution in [0, 0.1) is 0 Å². The van der Waals surface area contributed by atoms with Crippen LogP contribution in [0.3, 0.4) is 0 Å². The van der Waals surface area contributed by atoms with Gasteiger partial charge in [-0.3, -0.25) is 23.4 Å². The molecule has 0 heterocycles. The van der Waals surface area contributed by atoms with Crippen LogP contribution in [0.4, 0.5) is 0 Å². The molecular weight excluding hydrogens is 1000 g/mol. The van der Waals surface area contributed by atoms with Gasteiger partial charge in [-0.1, -0.05) is 268 Å². The Morgan fingerprint density at radius 3 is 1.04 bits per heavy atom. The first-order valence-electron chi connectivity index (χ1n) is 32.5. The largest absolute Gasteiger partial charge is 0.472 e. The molecule has 0 aromatic carbocycles. The predicted octanol–water partition coefficient (Wildman–Crippen LogP) is 19.7. The molecule has 2 N–H and O–H groups in total. The highest BCUT2D eigenvalue weighted by atomic mass is 31.2. The Balaban J connectivity index is 4.67. The second kappa shape index (κ2) is 60.5. The van der Waals surface area contributed by atoms with Gasteiger partial charge >= 0.3 is 25.7 Å². The molecular formula is C66H121O11P. The molecule has 0 rings (SSSR count). The lowest BCUT2D eigenvalue weighted by atomic mass is 10.0. The van der Waals surface area contributed by atoms with Crippen LogP contribution in [0.15, 0.2) is 48.6 Å². The van der Waals surface area contributed by atoms with Crippen molar-refractivity contribution in [2.45, 2.75) is 328 Å². The predicted molar refractivity (Wildman–Crippen MR) is 325 cm³/mol. The van der Waals surface area contributed by atoms with Crippen molar-refractivity contribution in [1.82, 2.24) is 0 Å². The molecule has 12 heteroatoms. The third-order valence-electron chi connectivity index (χ3n) is 14.2. The van der Waals surface area contributed by atoms with E-state index in [1.54, 1.807) is 0 Å². The zero-order valence-electron chi connectivity index (χ0n) is 50.6. The summed E-state index contributed by atoms with van der Waals surface area (Å²) in [5, 5.41) is 9.85. The number of phosphoric acid groups is 1. The molecule has 3 atom stereocenters. The van der Waals surface area contributed by atoms with Gasteiger partial charge in [-0.15, -0.1) is 0 Å². The van der Waals surface area contributed by atoms with E-state index in [1.807, 2.05) is 0 Å². The molecule has 0 aromatic heterocycles. The van der Waals surface area contributed by atoms with Crippen LogP contribution in [0.2, 0.25) is 0 Å². The summed E-state index contributed by atoms with van der Waals surface area (Å²) in [5.74, 6) is -1.46. The van der Waals surface area contributed by atoms with Gasteiger partial charge in [0, 0.05) is 19.3 Å². The fourth-order valence-electron chi connectivity index (χ4n) is 9.31. The Morgan fingerprint density at radius 1 is 0.372 bits per heavy atom. The van der Waals surface area contributed by atoms with Crippen molar-refractivity contribution in [2.75, 3.05) is 26.4 Å². The van der Waals surface area contributed by atoms with Gasteiger partial charge in [-0.2, -0.15) is 0 Å². The molecule has 0 aliphatic carbocycles. The van der Waals surface area contributed by atoms with Crippen LogP contribution in [0.5, 0.6) is 0 Å². The van der Waals surface area contributed by atoms with E-state index in [2.05, 4.69) is 69.4 Å². The molecule has 456 valence electrons. The third kappa shape index (κ3) is 58.1. The van der Waals surface area contributed by atoms with E-state index < -0.39 is 57.8 Å². The quantitative estimate of drug-likeness (QED) is 0.0197. The van der Waals surface area contributed by atoms with Gasteiger partial charge in [-0.05, 0) is 77.0 Å². The minimum atomic E-state index is -4.75. The van der Waals surface area contributed by atoms with E-state index in [0.717, 1.165) is 96.3 Å². The van der Waals surface area contributed by atoms with Gasteiger partial charge in [-0.25, -0.2) is 4.57 Å². The van der Waals surface area contributed by atoms with E-state index in [9.17, 15) is 28.9 Å². The zero-order valence-corrected chi connectivity index (χ0v) is 51.5. The number of allylic oxidation sites excluding steroid dienone is 8. The van der Waals surface area contributed by atoms with E-state index >= 15 is 0 Å². The lowest BCUT2D eigenvalue weighted by Gasteiger charge is -2.21. The molecule has 0 aliphatic heterocycles. The van der Waals surface area contributed by atoms with Gasteiger partial charge in [0.05, 0.1) is 19.8 Å². The van der Waals surface area contributed by atoms with Crippen molar-refractivity contribution < 1.29 is 52.2 Å². The lowest BCUT2D eigenvalue weighted by molar-refractivity contribution is -0.161. The Morgan fingerprint density at radius 2 is 0.667 bits per heavy atom. The molecule has 3 unspecified atom stereocenters. The number of hydrogen-bond donors (Lipinski definition) is 2. The number of carbonyl (C=O) groups is 3. The first-order valence-corrected chi connectivity index (χ1v) is 34.0. The van der Waals surface area contributed by atoms with E-state index in [1.165, 1.54) is 161 Å². The summed E-state index contributed by atoms with van der Waals surface area (Å²) in [6.07, 6.45) is 66.3. The molecule has 0 radical (unpaired) electrons. The van der Waals surface area contributed by atoms with Crippen molar-refractivity contribution in [1.29, 1.82) is 0 Å². The highest BCUT2D eigenvalue weighted by Crippen LogP contribution is 2.43. The number of esters is 3. The summed E-state index contributed by atoms with van der Waals surface area (Å²) < 4.78 is 39.7. The topological polar surface area (TPSA) is 155 Å². The van der Waals surface area contributed by atoms with Crippen LogP contribution < -0.4 is 0 Å². The van der Waals surface area contributed by atoms with Crippen LogP contribution in [-0.4, -0.2) is 66.5 Å². The van der Waals surface area contributed by atoms with Gasteiger partial charge in [0.15, 0.2) is 6.10 Å². The van der Waals surface area contributed by atoms with Gasteiger partial charge in [0.2, 0.25) is 0 Å². The van der Waals surface area contributed by atoms with Crippen molar-refractivity contribution in [3.8, 4) is 0 Å². The number of phosphoric ester groups is 1. The fraction of sp³-hybridized carbons (Fsp3) is 0.833. The summed E-state index contributed by atoms with van der Waals surface area (Å²) in [7, 11) is -4.75. The smallest absolute Gasteiger partial charge is 0.462 e. The Hall–Kier alpha value is -2.56. The average Bonchev–Trinajstić information content (AvgIpc) is 3.43. The Bertz CT molecular complexity index is 1490. The minimum absolute atomic E-state index is 0.159. The molecule has 0 aliphatic rings. The van der Waals surface area contributed by atoms with E-state index in [4.69, 9.17) is 23.3 Å². The van der Waals surface area contributed by atoms with Crippen LogP contribution >= 0.6 is 7.82 Å². The zero-order chi connectivity index (χ0) is 56.9. The Kier molecular flexibility index (Phi) is 58.5. The van der Waals surface area contributed by atoms with Crippen molar-refractivity contribution in [3.05, 3.63) is 48.6 Å². The number of ether oxygens (including phenoxy) is 3. The summed E-state index contributed by atoms with van der Waals surface area (Å²) in [6, 6.07) is 0. The molecule has 0 saturated heterocycles. The molecule has 0 bridgehead atoms. The highest BCUT2D eigenvalue weighted by Gasteiger charge is 2.28. The molecule has 0 aromatic rings. The molecule has 78 heavy (non-hydrogen) atoms. The first kappa shape index (κ1) is 75.4. The first-order chi connectivity index (χ1) is 38.2. The van der Waals surface area contributed by atoms with Crippen molar-refractivity contribution in [2.24, 2.45) is 0 Å². The van der Waals surface area contributed by atoms with E-state index in [-0.39, 0.29) is 25.9 Å². The summed E-state index contributed by atoms with van der Waals surface area (Å²) >= 11 is 0. The maximum absolute atomic E-state index is 13.0. The molecule has 0 fully saturated rings. The SMILES string of the molecule is CC/C=C\C/C=C\C/C=C\CCCCCCCCCC(=O)OC(COC(=O)CCCCCCCCCCCCCCCCCCC)COP(=O)(O)OCC(CO)OC(=O)CCCCCCCCC/C=C\CCCCCCCC. The van der Waals surface area contributed by atoms with Gasteiger partial charge < -0.3 is 24.2 Å². The summed E-state index contributed by atoms with van der Waals surface area (Å²) in [5.41, 5.74) is 0. The molecule has 11 nitrogen and oxygen atoms in total. The van der Waals surface area contributed by atoms with Crippen molar-refractivity contribution >= 4 is 25.7 Å². The number of hydrogen-bond acceptors (Lipinski definition) is 10. The third-order valence-corrected chi connectivity index (χ3v) is 15.2. The monoisotopic (exact) mass is 1120 g/mol. The molecule has 0 amide bonds. The van der Waals surface area contributed by atoms with Crippen LogP contribution in [-0.2, 0) is 42.2 Å².